The van der Waals surface area contributed by atoms with E-state index in [1.54, 1.807) is 0 Å². The second-order valence-electron chi connectivity index (χ2n) is 3.45. The summed E-state index contributed by atoms with van der Waals surface area (Å²) in [5.74, 6) is -1.02. The van der Waals surface area contributed by atoms with Crippen molar-refractivity contribution in [3.8, 4) is 5.75 Å². The van der Waals surface area contributed by atoms with E-state index in [4.69, 9.17) is 9.47 Å². The lowest BCUT2D eigenvalue weighted by Gasteiger charge is -2.12. The van der Waals surface area contributed by atoms with Crippen LogP contribution in [0.1, 0.15) is 6.42 Å². The molecule has 1 aliphatic rings. The molecule has 0 aliphatic carbocycles. The van der Waals surface area contributed by atoms with Gasteiger partial charge in [0.15, 0.2) is 5.82 Å². The first kappa shape index (κ1) is 10.8. The van der Waals surface area contributed by atoms with E-state index >= 15 is 0 Å². The number of nitro benzene ring substituents is 1. The van der Waals surface area contributed by atoms with Gasteiger partial charge in [-0.05, 0) is 6.07 Å². The summed E-state index contributed by atoms with van der Waals surface area (Å²) in [5.41, 5.74) is -0.355. The van der Waals surface area contributed by atoms with Gasteiger partial charge in [0.25, 0.3) is 0 Å². The van der Waals surface area contributed by atoms with Crippen LogP contribution in [0.5, 0.6) is 5.75 Å². The Balaban J connectivity index is 2.26. The molecular weight excluding hydrogens is 217 g/mol. The van der Waals surface area contributed by atoms with Crippen molar-refractivity contribution in [1.82, 2.24) is 0 Å². The summed E-state index contributed by atoms with van der Waals surface area (Å²) in [6.07, 6.45) is 0.307. The molecule has 86 valence electrons. The van der Waals surface area contributed by atoms with E-state index in [0.717, 1.165) is 6.07 Å². The van der Waals surface area contributed by atoms with Crippen LogP contribution in [-0.2, 0) is 4.74 Å². The second kappa shape index (κ2) is 4.44. The van der Waals surface area contributed by atoms with Crippen molar-refractivity contribution in [2.75, 3.05) is 13.2 Å². The molecule has 1 aromatic rings. The van der Waals surface area contributed by atoms with Crippen molar-refractivity contribution in [2.24, 2.45) is 0 Å². The molecule has 0 saturated carbocycles. The van der Waals surface area contributed by atoms with Crippen LogP contribution in [0.4, 0.5) is 10.1 Å². The molecule has 1 atom stereocenters. The lowest BCUT2D eigenvalue weighted by molar-refractivity contribution is -0.386. The van der Waals surface area contributed by atoms with Gasteiger partial charge in [0.2, 0.25) is 5.75 Å². The maximum absolute atomic E-state index is 13.4. The normalized spacial score (nSPS) is 19.7. The minimum absolute atomic E-state index is 0.303. The SMILES string of the molecule is O=[N+]([O-])c1cccc(F)c1OC1CCOC1. The fraction of sp³-hybridized carbons (Fsp3) is 0.400. The average Bonchev–Trinajstić information content (AvgIpc) is 2.73. The standard InChI is InChI=1S/C10H10FNO4/c11-8-2-1-3-9(12(13)14)10(8)16-7-4-5-15-6-7/h1-3,7H,4-6H2. The molecule has 1 heterocycles. The Labute approximate surface area is 90.9 Å². The Morgan fingerprint density at radius 3 is 3.00 bits per heavy atom. The van der Waals surface area contributed by atoms with Crippen LogP contribution < -0.4 is 4.74 Å². The van der Waals surface area contributed by atoms with Crippen LogP contribution in [-0.4, -0.2) is 24.2 Å². The summed E-state index contributed by atoms with van der Waals surface area (Å²) in [7, 11) is 0. The van der Waals surface area contributed by atoms with Crippen molar-refractivity contribution in [1.29, 1.82) is 0 Å². The van der Waals surface area contributed by atoms with Gasteiger partial charge in [-0.2, -0.15) is 0 Å². The van der Waals surface area contributed by atoms with Gasteiger partial charge in [-0.3, -0.25) is 10.1 Å². The predicted molar refractivity (Wildman–Crippen MR) is 52.9 cm³/mol. The predicted octanol–water partition coefficient (Wildman–Crippen LogP) is 1.90. The van der Waals surface area contributed by atoms with Crippen molar-refractivity contribution in [3.63, 3.8) is 0 Å². The van der Waals surface area contributed by atoms with Gasteiger partial charge < -0.3 is 9.47 Å². The van der Waals surface area contributed by atoms with Gasteiger partial charge in [0, 0.05) is 12.5 Å². The first-order valence-corrected chi connectivity index (χ1v) is 4.86. The third kappa shape index (κ3) is 2.11. The summed E-state index contributed by atoms with van der Waals surface area (Å²) in [4.78, 5) is 10.0. The topological polar surface area (TPSA) is 61.6 Å². The number of para-hydroxylation sites is 1. The minimum atomic E-state index is -0.721. The van der Waals surface area contributed by atoms with Gasteiger partial charge >= 0.3 is 5.69 Å². The molecule has 0 N–H and O–H groups in total. The van der Waals surface area contributed by atoms with E-state index in [1.807, 2.05) is 0 Å². The van der Waals surface area contributed by atoms with E-state index in [9.17, 15) is 14.5 Å². The molecule has 0 bridgehead atoms. The maximum Gasteiger partial charge on any atom is 0.314 e. The van der Waals surface area contributed by atoms with Crippen LogP contribution in [0.15, 0.2) is 18.2 Å². The lowest BCUT2D eigenvalue weighted by Crippen LogP contribution is -2.17. The zero-order valence-electron chi connectivity index (χ0n) is 8.39. The number of nitro groups is 1. The summed E-state index contributed by atoms with van der Waals surface area (Å²) < 4.78 is 23.7. The smallest absolute Gasteiger partial charge is 0.314 e. The second-order valence-corrected chi connectivity index (χ2v) is 3.45. The molecule has 0 spiro atoms. The molecule has 1 saturated heterocycles. The van der Waals surface area contributed by atoms with Crippen molar-refractivity contribution in [3.05, 3.63) is 34.1 Å². The highest BCUT2D eigenvalue weighted by molar-refractivity contribution is 5.47. The van der Waals surface area contributed by atoms with Crippen LogP contribution in [0.2, 0.25) is 0 Å². The van der Waals surface area contributed by atoms with E-state index in [0.29, 0.717) is 19.6 Å². The molecule has 1 fully saturated rings. The van der Waals surface area contributed by atoms with E-state index < -0.39 is 10.7 Å². The van der Waals surface area contributed by atoms with Crippen molar-refractivity contribution >= 4 is 5.69 Å². The molecule has 0 amide bonds. The van der Waals surface area contributed by atoms with Crippen LogP contribution in [0.3, 0.4) is 0 Å². The highest BCUT2D eigenvalue weighted by atomic mass is 19.1. The Morgan fingerprint density at radius 2 is 2.38 bits per heavy atom. The molecule has 2 rings (SSSR count). The number of ether oxygens (including phenoxy) is 2. The number of rotatable bonds is 3. The van der Waals surface area contributed by atoms with E-state index in [2.05, 4.69) is 0 Å². The van der Waals surface area contributed by atoms with Crippen molar-refractivity contribution < 1.29 is 18.8 Å². The third-order valence-electron chi connectivity index (χ3n) is 2.32. The molecule has 1 aliphatic heterocycles. The molecule has 0 aromatic heterocycles. The monoisotopic (exact) mass is 227 g/mol. The van der Waals surface area contributed by atoms with Crippen molar-refractivity contribution in [2.45, 2.75) is 12.5 Å². The highest BCUT2D eigenvalue weighted by Gasteiger charge is 2.25. The minimum Gasteiger partial charge on any atom is -0.479 e. The lowest BCUT2D eigenvalue weighted by atomic mass is 10.2. The number of halogens is 1. The van der Waals surface area contributed by atoms with Gasteiger partial charge in [0.1, 0.15) is 6.10 Å². The fourth-order valence-corrected chi connectivity index (χ4v) is 1.53. The summed E-state index contributed by atoms with van der Waals surface area (Å²) >= 11 is 0. The van der Waals surface area contributed by atoms with E-state index in [1.165, 1.54) is 12.1 Å². The molecule has 1 unspecified atom stereocenters. The van der Waals surface area contributed by atoms with Crippen LogP contribution in [0.25, 0.3) is 0 Å². The average molecular weight is 227 g/mol. The molecule has 1 aromatic carbocycles. The zero-order valence-corrected chi connectivity index (χ0v) is 8.39. The van der Waals surface area contributed by atoms with Gasteiger partial charge in [-0.1, -0.05) is 6.07 Å². The summed E-state index contributed by atoms with van der Waals surface area (Å²) in [5, 5.41) is 10.7. The fourth-order valence-electron chi connectivity index (χ4n) is 1.53. The maximum atomic E-state index is 13.4. The number of benzene rings is 1. The first-order chi connectivity index (χ1) is 7.68. The Morgan fingerprint density at radius 1 is 1.56 bits per heavy atom. The first-order valence-electron chi connectivity index (χ1n) is 4.86. The summed E-state index contributed by atoms with van der Waals surface area (Å²) in [6.45, 7) is 0.873. The number of nitrogens with zero attached hydrogens (tertiary/aromatic N) is 1. The molecule has 16 heavy (non-hydrogen) atoms. The Hall–Kier alpha value is -1.69. The number of hydrogen-bond donors (Lipinski definition) is 0. The van der Waals surface area contributed by atoms with Crippen LogP contribution >= 0.6 is 0 Å². The molecule has 0 radical (unpaired) electrons. The Kier molecular flexibility index (Phi) is 3.00. The quantitative estimate of drug-likeness (QED) is 0.584. The molecule has 6 heteroatoms. The molecule has 5 nitrogen and oxygen atoms in total. The Bertz CT molecular complexity index is 404. The van der Waals surface area contributed by atoms with Gasteiger partial charge in [-0.25, -0.2) is 4.39 Å². The van der Waals surface area contributed by atoms with Gasteiger partial charge in [0.05, 0.1) is 18.1 Å². The number of hydrogen-bond acceptors (Lipinski definition) is 4. The third-order valence-corrected chi connectivity index (χ3v) is 2.32. The van der Waals surface area contributed by atoms with Crippen LogP contribution in [0, 0.1) is 15.9 Å². The zero-order chi connectivity index (χ0) is 11.5. The summed E-state index contributed by atoms with van der Waals surface area (Å²) in [6, 6.07) is 3.64. The van der Waals surface area contributed by atoms with E-state index in [-0.39, 0.29) is 17.5 Å². The van der Waals surface area contributed by atoms with Gasteiger partial charge in [-0.15, -0.1) is 0 Å². The molecular formula is C10H10FNO4. The highest BCUT2D eigenvalue weighted by Crippen LogP contribution is 2.31. The largest absolute Gasteiger partial charge is 0.479 e.